The Bertz CT molecular complexity index is 1270. The lowest BCUT2D eigenvalue weighted by atomic mass is 10.1. The van der Waals surface area contributed by atoms with Gasteiger partial charge >= 0.3 is 0 Å². The summed E-state index contributed by atoms with van der Waals surface area (Å²) < 4.78 is 11.2. The average Bonchev–Trinajstić information content (AvgIpc) is 3.00. The van der Waals surface area contributed by atoms with E-state index in [9.17, 15) is 0 Å². The Labute approximate surface area is 235 Å². The standard InChI is InChI=1S/C32H34N6O2/c33-21-1-23-39-31-17-13-29(14-18-31)37-35-27-9-5-25(6-10-27)3-4-26-7-11-28(12-8-26)36-38-30-15-19-32(20-16-30)40-24-2-22-34/h3-20H,1-2,21-24,33-34H2/b4-3+,37-35+,38-36+. The Balaban J connectivity index is 1.26. The maximum atomic E-state index is 5.61. The maximum Gasteiger partial charge on any atom is 0.119 e. The minimum Gasteiger partial charge on any atom is -0.494 e. The molecule has 0 aliphatic carbocycles. The molecular formula is C32H34N6O2. The molecule has 0 radical (unpaired) electrons. The fourth-order valence-electron chi connectivity index (χ4n) is 3.49. The van der Waals surface area contributed by atoms with Crippen molar-refractivity contribution < 1.29 is 9.47 Å². The number of hydrogen-bond donors (Lipinski definition) is 2. The number of nitrogens with zero attached hydrogens (tertiary/aromatic N) is 4. The number of hydrogen-bond acceptors (Lipinski definition) is 8. The fraction of sp³-hybridized carbons (Fsp3) is 0.188. The van der Waals surface area contributed by atoms with Gasteiger partial charge in [-0.1, -0.05) is 36.4 Å². The lowest BCUT2D eigenvalue weighted by Gasteiger charge is -2.04. The molecule has 0 aliphatic heterocycles. The summed E-state index contributed by atoms with van der Waals surface area (Å²) in [5.74, 6) is 1.60. The predicted octanol–water partition coefficient (Wildman–Crippen LogP) is 8.14. The largest absolute Gasteiger partial charge is 0.494 e. The summed E-state index contributed by atoms with van der Waals surface area (Å²) in [6.07, 6.45) is 5.77. The Morgan fingerprint density at radius 1 is 0.450 bits per heavy atom. The predicted molar refractivity (Wildman–Crippen MR) is 161 cm³/mol. The van der Waals surface area contributed by atoms with E-state index in [1.54, 1.807) is 0 Å². The van der Waals surface area contributed by atoms with Gasteiger partial charge in [0.15, 0.2) is 0 Å². The topological polar surface area (TPSA) is 120 Å². The van der Waals surface area contributed by atoms with Gasteiger partial charge in [-0.2, -0.15) is 20.5 Å². The third kappa shape index (κ3) is 9.58. The molecule has 8 nitrogen and oxygen atoms in total. The molecule has 4 aromatic rings. The first-order valence-electron chi connectivity index (χ1n) is 13.3. The molecule has 0 fully saturated rings. The van der Waals surface area contributed by atoms with Gasteiger partial charge < -0.3 is 20.9 Å². The highest BCUT2D eigenvalue weighted by Crippen LogP contribution is 2.24. The van der Waals surface area contributed by atoms with E-state index in [-0.39, 0.29) is 0 Å². The number of benzene rings is 4. The van der Waals surface area contributed by atoms with Crippen molar-refractivity contribution in [2.24, 2.45) is 31.9 Å². The van der Waals surface area contributed by atoms with E-state index in [4.69, 9.17) is 20.9 Å². The van der Waals surface area contributed by atoms with E-state index in [0.29, 0.717) is 26.3 Å². The molecular weight excluding hydrogens is 500 g/mol. The number of nitrogens with two attached hydrogens (primary N) is 2. The molecule has 204 valence electrons. The van der Waals surface area contributed by atoms with Gasteiger partial charge in [0.25, 0.3) is 0 Å². The number of rotatable bonds is 14. The van der Waals surface area contributed by atoms with Crippen molar-refractivity contribution in [2.45, 2.75) is 12.8 Å². The van der Waals surface area contributed by atoms with Gasteiger partial charge in [-0.05, 0) is 110 Å². The molecule has 0 aromatic heterocycles. The first-order valence-corrected chi connectivity index (χ1v) is 13.3. The highest BCUT2D eigenvalue weighted by molar-refractivity contribution is 5.70. The van der Waals surface area contributed by atoms with Crippen LogP contribution in [0.4, 0.5) is 22.7 Å². The van der Waals surface area contributed by atoms with E-state index < -0.39 is 0 Å². The van der Waals surface area contributed by atoms with Crippen LogP contribution in [0.15, 0.2) is 118 Å². The van der Waals surface area contributed by atoms with Gasteiger partial charge in [-0.15, -0.1) is 0 Å². The van der Waals surface area contributed by atoms with Crippen molar-refractivity contribution >= 4 is 34.9 Å². The van der Waals surface area contributed by atoms with Crippen LogP contribution in [0.2, 0.25) is 0 Å². The van der Waals surface area contributed by atoms with Crippen LogP contribution in [-0.4, -0.2) is 26.3 Å². The van der Waals surface area contributed by atoms with Crippen molar-refractivity contribution in [1.29, 1.82) is 0 Å². The molecule has 0 atom stereocenters. The molecule has 0 saturated heterocycles. The lowest BCUT2D eigenvalue weighted by Crippen LogP contribution is -2.05. The monoisotopic (exact) mass is 534 g/mol. The summed E-state index contributed by atoms with van der Waals surface area (Å²) in [6, 6.07) is 30.9. The van der Waals surface area contributed by atoms with Crippen molar-refractivity contribution in [3.8, 4) is 11.5 Å². The van der Waals surface area contributed by atoms with Gasteiger partial charge in [0.1, 0.15) is 11.5 Å². The highest BCUT2D eigenvalue weighted by atomic mass is 16.5. The molecule has 0 bridgehead atoms. The quantitative estimate of drug-likeness (QED) is 0.0963. The molecule has 0 amide bonds. The molecule has 0 saturated carbocycles. The van der Waals surface area contributed by atoms with Gasteiger partial charge in [0.05, 0.1) is 36.0 Å². The summed E-state index contributed by atoms with van der Waals surface area (Å²) >= 11 is 0. The minimum atomic E-state index is 0.610. The third-order valence-corrected chi connectivity index (χ3v) is 5.72. The van der Waals surface area contributed by atoms with Crippen molar-refractivity contribution in [3.63, 3.8) is 0 Å². The molecule has 4 rings (SSSR count). The Morgan fingerprint density at radius 3 is 1.05 bits per heavy atom. The second-order valence-corrected chi connectivity index (χ2v) is 8.89. The molecule has 0 unspecified atom stereocenters. The second kappa shape index (κ2) is 15.7. The summed E-state index contributed by atoms with van der Waals surface area (Å²) in [4.78, 5) is 0. The van der Waals surface area contributed by atoms with Crippen LogP contribution in [0.25, 0.3) is 12.2 Å². The Hall–Kier alpha value is -4.66. The molecule has 4 N–H and O–H groups in total. The van der Waals surface area contributed by atoms with Gasteiger partial charge in [0.2, 0.25) is 0 Å². The fourth-order valence-corrected chi connectivity index (χ4v) is 3.49. The molecule has 8 heteroatoms. The van der Waals surface area contributed by atoms with Crippen LogP contribution in [-0.2, 0) is 0 Å². The molecule has 0 spiro atoms. The van der Waals surface area contributed by atoms with Gasteiger partial charge in [-0.25, -0.2) is 0 Å². The zero-order valence-corrected chi connectivity index (χ0v) is 22.4. The molecule has 0 aliphatic rings. The number of azo groups is 2. The molecule has 0 heterocycles. The van der Waals surface area contributed by atoms with Crippen LogP contribution < -0.4 is 20.9 Å². The van der Waals surface area contributed by atoms with Crippen molar-refractivity contribution in [3.05, 3.63) is 108 Å². The smallest absolute Gasteiger partial charge is 0.119 e. The van der Waals surface area contributed by atoms with Crippen LogP contribution in [0.3, 0.4) is 0 Å². The number of ether oxygens (including phenoxy) is 2. The van der Waals surface area contributed by atoms with Crippen molar-refractivity contribution in [2.75, 3.05) is 26.3 Å². The van der Waals surface area contributed by atoms with E-state index in [2.05, 4.69) is 32.6 Å². The zero-order chi connectivity index (χ0) is 27.8. The lowest BCUT2D eigenvalue weighted by molar-refractivity contribution is 0.313. The normalized spacial score (nSPS) is 11.6. The summed E-state index contributed by atoms with van der Waals surface area (Å²) in [5, 5.41) is 17.3. The van der Waals surface area contributed by atoms with Gasteiger partial charge in [0, 0.05) is 0 Å². The highest BCUT2D eigenvalue weighted by Gasteiger charge is 1.98. The van der Waals surface area contributed by atoms with E-state index >= 15 is 0 Å². The van der Waals surface area contributed by atoms with Crippen molar-refractivity contribution in [1.82, 2.24) is 0 Å². The summed E-state index contributed by atoms with van der Waals surface area (Å²) in [7, 11) is 0. The van der Waals surface area contributed by atoms with Gasteiger partial charge in [-0.3, -0.25) is 0 Å². The van der Waals surface area contributed by atoms with Crippen LogP contribution in [0.1, 0.15) is 24.0 Å². The SMILES string of the molecule is NCCCOc1ccc(/N=N/c2ccc(/C=C/c3ccc(/N=N/c4ccc(OCCCN)cc4)cc3)cc2)cc1. The van der Waals surface area contributed by atoms with E-state index in [1.165, 1.54) is 0 Å². The second-order valence-electron chi connectivity index (χ2n) is 8.89. The molecule has 40 heavy (non-hydrogen) atoms. The summed E-state index contributed by atoms with van der Waals surface area (Å²) in [5.41, 5.74) is 16.2. The average molecular weight is 535 g/mol. The minimum absolute atomic E-state index is 0.610. The summed E-state index contributed by atoms with van der Waals surface area (Å²) in [6.45, 7) is 2.45. The zero-order valence-electron chi connectivity index (χ0n) is 22.4. The van der Waals surface area contributed by atoms with Crippen LogP contribution in [0, 0.1) is 0 Å². The molecule has 4 aromatic carbocycles. The maximum absolute atomic E-state index is 5.61. The van der Waals surface area contributed by atoms with Crippen LogP contribution >= 0.6 is 0 Å². The van der Waals surface area contributed by atoms with E-state index in [1.807, 2.05) is 97.1 Å². The van der Waals surface area contributed by atoms with E-state index in [0.717, 1.165) is 58.2 Å². The Morgan fingerprint density at radius 2 is 0.750 bits per heavy atom. The first-order chi connectivity index (χ1) is 19.7. The first kappa shape index (κ1) is 28.4. The third-order valence-electron chi connectivity index (χ3n) is 5.72. The van der Waals surface area contributed by atoms with Crippen LogP contribution in [0.5, 0.6) is 11.5 Å². The Kier molecular flexibility index (Phi) is 11.1.